The van der Waals surface area contributed by atoms with Crippen molar-refractivity contribution < 1.29 is 0 Å². The Kier molecular flexibility index (Phi) is 4.26. The van der Waals surface area contributed by atoms with Crippen LogP contribution in [0.1, 0.15) is 37.4 Å². The van der Waals surface area contributed by atoms with E-state index in [-0.39, 0.29) is 23.0 Å². The van der Waals surface area contributed by atoms with Gasteiger partial charge < -0.3 is 10.3 Å². The second-order valence-corrected chi connectivity index (χ2v) is 5.34. The summed E-state index contributed by atoms with van der Waals surface area (Å²) in [6.07, 6.45) is 0.833. The Balaban J connectivity index is 2.71. The minimum atomic E-state index is -0.199. The van der Waals surface area contributed by atoms with Crippen LogP contribution in [0.3, 0.4) is 0 Å². The van der Waals surface area contributed by atoms with Gasteiger partial charge in [0.05, 0.1) is 11.3 Å². The number of aromatic nitrogens is 1. The zero-order chi connectivity index (χ0) is 15.6. The maximum absolute atomic E-state index is 12.6. The van der Waals surface area contributed by atoms with Gasteiger partial charge in [0.2, 0.25) is 0 Å². The fourth-order valence-electron chi connectivity index (χ4n) is 2.34. The van der Waals surface area contributed by atoms with Crippen LogP contribution in [0.2, 0.25) is 0 Å². The maximum atomic E-state index is 12.6. The van der Waals surface area contributed by atoms with E-state index in [1.54, 1.807) is 10.6 Å². The molecule has 21 heavy (non-hydrogen) atoms. The molecule has 2 rings (SSSR count). The van der Waals surface area contributed by atoms with Crippen molar-refractivity contribution in [1.29, 1.82) is 5.41 Å². The molecule has 1 atom stereocenters. The molecule has 4 nitrogen and oxygen atoms in total. The normalized spacial score (nSPS) is 12.1. The largest absolute Gasteiger partial charge is 0.384 e. The van der Waals surface area contributed by atoms with Crippen molar-refractivity contribution in [3.05, 3.63) is 57.9 Å². The molecule has 1 heterocycles. The molecule has 0 saturated heterocycles. The van der Waals surface area contributed by atoms with Crippen molar-refractivity contribution in [1.82, 2.24) is 4.57 Å². The highest BCUT2D eigenvalue weighted by molar-refractivity contribution is 5.94. The van der Waals surface area contributed by atoms with Gasteiger partial charge in [0.25, 0.3) is 5.56 Å². The number of nitrogens with two attached hydrogens (primary N) is 1. The predicted molar refractivity (Wildman–Crippen MR) is 86.9 cm³/mol. The van der Waals surface area contributed by atoms with Crippen LogP contribution < -0.4 is 11.3 Å². The molecule has 0 fully saturated rings. The van der Waals surface area contributed by atoms with Gasteiger partial charge in [-0.05, 0) is 38.0 Å². The summed E-state index contributed by atoms with van der Waals surface area (Å²) in [7, 11) is 0. The standard InChI is InChI=1S/C17H21N3O/c1-4-12(3)20-15(13-7-5-11(2)6-8-13)10-9-14(16(18)19)17(20)21/h5-10,12H,4H2,1-3H3,(H3,18,19). The van der Waals surface area contributed by atoms with E-state index in [4.69, 9.17) is 11.1 Å². The number of nitrogens with one attached hydrogen (secondary N) is 1. The van der Waals surface area contributed by atoms with Crippen LogP contribution in [0.5, 0.6) is 0 Å². The Bertz CT molecular complexity index is 714. The number of rotatable bonds is 4. The number of hydrogen-bond acceptors (Lipinski definition) is 2. The number of benzene rings is 1. The van der Waals surface area contributed by atoms with E-state index in [2.05, 4.69) is 0 Å². The van der Waals surface area contributed by atoms with Crippen molar-refractivity contribution in [2.75, 3.05) is 0 Å². The summed E-state index contributed by atoms with van der Waals surface area (Å²) in [5.74, 6) is -0.187. The van der Waals surface area contributed by atoms with Gasteiger partial charge in [-0.3, -0.25) is 10.2 Å². The fourth-order valence-corrected chi connectivity index (χ4v) is 2.34. The average molecular weight is 283 g/mol. The molecule has 110 valence electrons. The first-order valence-electron chi connectivity index (χ1n) is 7.12. The van der Waals surface area contributed by atoms with E-state index in [1.165, 1.54) is 5.56 Å². The molecular formula is C17H21N3O. The quantitative estimate of drug-likeness (QED) is 0.668. The van der Waals surface area contributed by atoms with Crippen LogP contribution in [-0.2, 0) is 0 Å². The third kappa shape index (κ3) is 2.89. The Hall–Kier alpha value is -2.36. The molecule has 0 aliphatic rings. The molecule has 0 amide bonds. The molecule has 1 unspecified atom stereocenters. The Labute approximate surface area is 124 Å². The summed E-state index contributed by atoms with van der Waals surface area (Å²) in [6.45, 7) is 6.07. The van der Waals surface area contributed by atoms with Gasteiger partial charge in [0.15, 0.2) is 0 Å². The van der Waals surface area contributed by atoms with Crippen LogP contribution in [-0.4, -0.2) is 10.4 Å². The predicted octanol–water partition coefficient (Wildman–Crippen LogP) is 3.08. The van der Waals surface area contributed by atoms with Crippen molar-refractivity contribution in [3.8, 4) is 11.3 Å². The van der Waals surface area contributed by atoms with E-state index >= 15 is 0 Å². The molecule has 1 aromatic carbocycles. The lowest BCUT2D eigenvalue weighted by atomic mass is 10.1. The van der Waals surface area contributed by atoms with Gasteiger partial charge in [-0.1, -0.05) is 36.8 Å². The summed E-state index contributed by atoms with van der Waals surface area (Å²) in [5, 5.41) is 7.54. The minimum absolute atomic E-state index is 0.0492. The highest BCUT2D eigenvalue weighted by Gasteiger charge is 2.15. The third-order valence-corrected chi connectivity index (χ3v) is 3.79. The number of pyridine rings is 1. The summed E-state index contributed by atoms with van der Waals surface area (Å²) in [6, 6.07) is 11.6. The van der Waals surface area contributed by atoms with E-state index in [0.29, 0.717) is 0 Å². The van der Waals surface area contributed by atoms with E-state index < -0.39 is 0 Å². The molecule has 4 heteroatoms. The lowest BCUT2D eigenvalue weighted by Crippen LogP contribution is -2.32. The van der Waals surface area contributed by atoms with Crippen molar-refractivity contribution >= 4 is 5.84 Å². The summed E-state index contributed by atoms with van der Waals surface area (Å²) >= 11 is 0. The smallest absolute Gasteiger partial charge is 0.262 e. The number of aryl methyl sites for hydroxylation is 1. The van der Waals surface area contributed by atoms with Crippen LogP contribution in [0, 0.1) is 12.3 Å². The van der Waals surface area contributed by atoms with Crippen LogP contribution in [0.25, 0.3) is 11.3 Å². The number of hydrogen-bond donors (Lipinski definition) is 2. The van der Waals surface area contributed by atoms with Crippen molar-refractivity contribution in [2.24, 2.45) is 5.73 Å². The highest BCUT2D eigenvalue weighted by atomic mass is 16.1. The van der Waals surface area contributed by atoms with Gasteiger partial charge in [0, 0.05) is 6.04 Å². The van der Waals surface area contributed by atoms with Crippen molar-refractivity contribution in [3.63, 3.8) is 0 Å². The van der Waals surface area contributed by atoms with E-state index in [1.807, 2.05) is 51.1 Å². The minimum Gasteiger partial charge on any atom is -0.384 e. The second-order valence-electron chi connectivity index (χ2n) is 5.34. The number of nitrogens with zero attached hydrogens (tertiary/aromatic N) is 1. The van der Waals surface area contributed by atoms with Crippen LogP contribution >= 0.6 is 0 Å². The zero-order valence-electron chi connectivity index (χ0n) is 12.7. The maximum Gasteiger partial charge on any atom is 0.262 e. The van der Waals surface area contributed by atoms with E-state index in [9.17, 15) is 4.79 Å². The third-order valence-electron chi connectivity index (χ3n) is 3.79. The molecule has 2 aromatic rings. The molecule has 1 aromatic heterocycles. The number of amidine groups is 1. The fraction of sp³-hybridized carbons (Fsp3) is 0.294. The Morgan fingerprint density at radius 3 is 2.38 bits per heavy atom. The van der Waals surface area contributed by atoms with Crippen LogP contribution in [0.15, 0.2) is 41.2 Å². The number of nitrogen functional groups attached to an aromatic ring is 1. The summed E-state index contributed by atoms with van der Waals surface area (Å²) in [4.78, 5) is 12.6. The average Bonchev–Trinajstić information content (AvgIpc) is 2.46. The van der Waals surface area contributed by atoms with Gasteiger partial charge in [-0.2, -0.15) is 0 Å². The topological polar surface area (TPSA) is 71.9 Å². The molecule has 0 radical (unpaired) electrons. The van der Waals surface area contributed by atoms with Crippen molar-refractivity contribution in [2.45, 2.75) is 33.2 Å². The van der Waals surface area contributed by atoms with Gasteiger partial charge in [-0.25, -0.2) is 0 Å². The van der Waals surface area contributed by atoms with Gasteiger partial charge in [0.1, 0.15) is 5.84 Å². The van der Waals surface area contributed by atoms with E-state index in [0.717, 1.165) is 17.7 Å². The first kappa shape index (κ1) is 15.0. The molecule has 0 aliphatic carbocycles. The highest BCUT2D eigenvalue weighted by Crippen LogP contribution is 2.23. The molecular weight excluding hydrogens is 262 g/mol. The monoisotopic (exact) mass is 283 g/mol. The SMILES string of the molecule is CCC(C)n1c(-c2ccc(C)cc2)ccc(C(=N)N)c1=O. The molecule has 0 aliphatic heterocycles. The first-order chi connectivity index (χ1) is 9.95. The molecule has 3 N–H and O–H groups in total. The lowest BCUT2D eigenvalue weighted by molar-refractivity contribution is 0.519. The summed E-state index contributed by atoms with van der Waals surface area (Å²) in [5.41, 5.74) is 8.59. The van der Waals surface area contributed by atoms with Crippen LogP contribution in [0.4, 0.5) is 0 Å². The lowest BCUT2D eigenvalue weighted by Gasteiger charge is -2.20. The molecule has 0 spiro atoms. The molecule has 0 saturated carbocycles. The second kappa shape index (κ2) is 5.95. The Morgan fingerprint density at radius 1 is 1.24 bits per heavy atom. The Morgan fingerprint density at radius 2 is 1.86 bits per heavy atom. The van der Waals surface area contributed by atoms with Gasteiger partial charge >= 0.3 is 0 Å². The first-order valence-corrected chi connectivity index (χ1v) is 7.12. The molecule has 0 bridgehead atoms. The summed E-state index contributed by atoms with van der Waals surface area (Å²) < 4.78 is 1.74. The van der Waals surface area contributed by atoms with Gasteiger partial charge in [-0.15, -0.1) is 0 Å². The zero-order valence-corrected chi connectivity index (χ0v) is 12.7.